The monoisotopic (exact) mass is 332 g/mol. The fourth-order valence-corrected chi connectivity index (χ4v) is 1.82. The number of halogens is 1. The second kappa shape index (κ2) is 6.66. The molecule has 1 aromatic heterocycles. The SMILES string of the molecule is CC(C)(C)NC(=O)C(=O)c1cc(C(=O)Nc2ccc(F)cc2)co1. The van der Waals surface area contributed by atoms with Crippen LogP contribution in [0.4, 0.5) is 10.1 Å². The summed E-state index contributed by atoms with van der Waals surface area (Å²) in [6.45, 7) is 5.21. The van der Waals surface area contributed by atoms with Gasteiger partial charge in [0.05, 0.1) is 5.56 Å². The Morgan fingerprint density at radius 2 is 1.71 bits per heavy atom. The zero-order chi connectivity index (χ0) is 17.9. The van der Waals surface area contributed by atoms with Crippen LogP contribution in [0.1, 0.15) is 41.7 Å². The normalized spacial score (nSPS) is 11.0. The maximum atomic E-state index is 12.8. The number of Topliss-reactive ketones (excluding diaryl/α,β-unsaturated/α-hetero) is 1. The van der Waals surface area contributed by atoms with Gasteiger partial charge in [-0.05, 0) is 45.0 Å². The van der Waals surface area contributed by atoms with Crippen LogP contribution in [0.5, 0.6) is 0 Å². The van der Waals surface area contributed by atoms with Crippen molar-refractivity contribution >= 4 is 23.3 Å². The van der Waals surface area contributed by atoms with Crippen LogP contribution in [-0.4, -0.2) is 23.1 Å². The molecule has 2 aromatic rings. The van der Waals surface area contributed by atoms with E-state index in [4.69, 9.17) is 4.42 Å². The number of carbonyl (C=O) groups is 3. The predicted octanol–water partition coefficient (Wildman–Crippen LogP) is 2.77. The fourth-order valence-electron chi connectivity index (χ4n) is 1.82. The van der Waals surface area contributed by atoms with Crippen LogP contribution >= 0.6 is 0 Å². The molecule has 0 saturated heterocycles. The van der Waals surface area contributed by atoms with E-state index in [9.17, 15) is 18.8 Å². The third-order valence-electron chi connectivity index (χ3n) is 2.88. The lowest BCUT2D eigenvalue weighted by Gasteiger charge is -2.19. The fraction of sp³-hybridized carbons (Fsp3) is 0.235. The van der Waals surface area contributed by atoms with Gasteiger partial charge in [-0.3, -0.25) is 14.4 Å². The molecule has 0 spiro atoms. The second-order valence-corrected chi connectivity index (χ2v) is 6.19. The second-order valence-electron chi connectivity index (χ2n) is 6.19. The number of benzene rings is 1. The highest BCUT2D eigenvalue weighted by atomic mass is 19.1. The van der Waals surface area contributed by atoms with Crippen molar-refractivity contribution in [3.05, 3.63) is 53.7 Å². The molecule has 2 N–H and O–H groups in total. The number of carbonyl (C=O) groups excluding carboxylic acids is 3. The minimum Gasteiger partial charge on any atom is -0.460 e. The molecule has 7 heteroatoms. The Balaban J connectivity index is 2.06. The molecule has 0 aliphatic rings. The summed E-state index contributed by atoms with van der Waals surface area (Å²) in [6, 6.07) is 6.39. The number of anilines is 1. The van der Waals surface area contributed by atoms with Crippen molar-refractivity contribution in [3.8, 4) is 0 Å². The van der Waals surface area contributed by atoms with Crippen LogP contribution < -0.4 is 10.6 Å². The zero-order valence-corrected chi connectivity index (χ0v) is 13.5. The Morgan fingerprint density at radius 3 is 2.29 bits per heavy atom. The first-order valence-corrected chi connectivity index (χ1v) is 7.18. The van der Waals surface area contributed by atoms with E-state index in [1.807, 2.05) is 0 Å². The van der Waals surface area contributed by atoms with Gasteiger partial charge in [-0.1, -0.05) is 0 Å². The zero-order valence-electron chi connectivity index (χ0n) is 13.5. The van der Waals surface area contributed by atoms with Gasteiger partial charge in [-0.2, -0.15) is 0 Å². The number of nitrogens with one attached hydrogen (secondary N) is 2. The van der Waals surface area contributed by atoms with Crippen molar-refractivity contribution in [2.24, 2.45) is 0 Å². The third kappa shape index (κ3) is 4.52. The predicted molar refractivity (Wildman–Crippen MR) is 85.3 cm³/mol. The Labute approximate surface area is 138 Å². The van der Waals surface area contributed by atoms with Crippen LogP contribution in [0.15, 0.2) is 41.0 Å². The van der Waals surface area contributed by atoms with Crippen LogP contribution in [0, 0.1) is 5.82 Å². The van der Waals surface area contributed by atoms with Gasteiger partial charge in [-0.15, -0.1) is 0 Å². The van der Waals surface area contributed by atoms with Crippen molar-refractivity contribution in [1.82, 2.24) is 5.32 Å². The van der Waals surface area contributed by atoms with Gasteiger partial charge in [0.25, 0.3) is 17.6 Å². The van der Waals surface area contributed by atoms with Crippen molar-refractivity contribution in [2.45, 2.75) is 26.3 Å². The molecule has 6 nitrogen and oxygen atoms in total. The molecule has 126 valence electrons. The van der Waals surface area contributed by atoms with E-state index < -0.39 is 29.0 Å². The molecule has 1 heterocycles. The van der Waals surface area contributed by atoms with E-state index in [0.717, 1.165) is 6.26 Å². The highest BCUT2D eigenvalue weighted by Gasteiger charge is 2.25. The van der Waals surface area contributed by atoms with E-state index >= 15 is 0 Å². The van der Waals surface area contributed by atoms with Crippen LogP contribution in [0.3, 0.4) is 0 Å². The molecular weight excluding hydrogens is 315 g/mol. The van der Waals surface area contributed by atoms with E-state index in [1.54, 1.807) is 20.8 Å². The Hall–Kier alpha value is -2.96. The molecule has 0 unspecified atom stereocenters. The average molecular weight is 332 g/mol. The molecule has 0 aliphatic carbocycles. The lowest BCUT2D eigenvalue weighted by Crippen LogP contribution is -2.44. The minimum atomic E-state index is -0.870. The molecule has 2 amide bonds. The minimum absolute atomic E-state index is 0.0752. The molecule has 0 radical (unpaired) electrons. The summed E-state index contributed by atoms with van der Waals surface area (Å²) in [4.78, 5) is 35.8. The van der Waals surface area contributed by atoms with E-state index in [2.05, 4.69) is 10.6 Å². The summed E-state index contributed by atoms with van der Waals surface area (Å²) in [7, 11) is 0. The van der Waals surface area contributed by atoms with Crippen LogP contribution in [0.25, 0.3) is 0 Å². The summed E-state index contributed by atoms with van der Waals surface area (Å²) in [6.07, 6.45) is 1.08. The summed E-state index contributed by atoms with van der Waals surface area (Å²) >= 11 is 0. The smallest absolute Gasteiger partial charge is 0.296 e. The maximum absolute atomic E-state index is 12.8. The lowest BCUT2D eigenvalue weighted by molar-refractivity contribution is -0.118. The standard InChI is InChI=1S/C17H17FN2O4/c1-17(2,3)20-16(23)14(21)13-8-10(9-24-13)15(22)19-12-6-4-11(18)5-7-12/h4-9H,1-3H3,(H,19,22)(H,20,23). The highest BCUT2D eigenvalue weighted by Crippen LogP contribution is 2.14. The first-order valence-electron chi connectivity index (χ1n) is 7.18. The largest absolute Gasteiger partial charge is 0.460 e. The Morgan fingerprint density at radius 1 is 1.08 bits per heavy atom. The van der Waals surface area contributed by atoms with Crippen LogP contribution in [-0.2, 0) is 4.79 Å². The lowest BCUT2D eigenvalue weighted by atomic mass is 10.1. The van der Waals surface area contributed by atoms with Gasteiger partial charge >= 0.3 is 0 Å². The molecule has 0 fully saturated rings. The maximum Gasteiger partial charge on any atom is 0.296 e. The van der Waals surface area contributed by atoms with E-state index in [-0.39, 0.29) is 11.3 Å². The molecule has 0 bridgehead atoms. The first kappa shape index (κ1) is 17.4. The van der Waals surface area contributed by atoms with Gasteiger partial charge in [0.15, 0.2) is 5.76 Å². The third-order valence-corrected chi connectivity index (χ3v) is 2.88. The van der Waals surface area contributed by atoms with Crippen molar-refractivity contribution < 1.29 is 23.2 Å². The number of furan rings is 1. The number of amides is 2. The van der Waals surface area contributed by atoms with Crippen molar-refractivity contribution in [2.75, 3.05) is 5.32 Å². The quantitative estimate of drug-likeness (QED) is 0.665. The van der Waals surface area contributed by atoms with Crippen molar-refractivity contribution in [3.63, 3.8) is 0 Å². The Kier molecular flexibility index (Phi) is 4.82. The van der Waals surface area contributed by atoms with Gasteiger partial charge in [0, 0.05) is 17.3 Å². The molecule has 2 rings (SSSR count). The molecule has 24 heavy (non-hydrogen) atoms. The summed E-state index contributed by atoms with van der Waals surface area (Å²) in [5, 5.41) is 5.04. The van der Waals surface area contributed by atoms with Crippen LogP contribution in [0.2, 0.25) is 0 Å². The van der Waals surface area contributed by atoms with Gasteiger partial charge < -0.3 is 15.1 Å². The number of hydrogen-bond acceptors (Lipinski definition) is 4. The average Bonchev–Trinajstić information content (AvgIpc) is 2.97. The van der Waals surface area contributed by atoms with Gasteiger partial charge in [-0.25, -0.2) is 4.39 Å². The summed E-state index contributed by atoms with van der Waals surface area (Å²) in [5.41, 5.74) is -0.102. The number of hydrogen-bond donors (Lipinski definition) is 2. The summed E-state index contributed by atoms with van der Waals surface area (Å²) in [5.74, 6) is -2.89. The molecule has 0 atom stereocenters. The topological polar surface area (TPSA) is 88.4 Å². The number of rotatable bonds is 4. The van der Waals surface area contributed by atoms with E-state index in [1.165, 1.54) is 30.3 Å². The molecule has 0 saturated carbocycles. The van der Waals surface area contributed by atoms with Crippen molar-refractivity contribution in [1.29, 1.82) is 0 Å². The first-order chi connectivity index (χ1) is 11.2. The molecule has 0 aliphatic heterocycles. The van der Waals surface area contributed by atoms with Gasteiger partial charge in [0.1, 0.15) is 12.1 Å². The van der Waals surface area contributed by atoms with Gasteiger partial charge in [0.2, 0.25) is 0 Å². The number of ketones is 1. The highest BCUT2D eigenvalue weighted by molar-refractivity contribution is 6.42. The molecule has 1 aromatic carbocycles. The summed E-state index contributed by atoms with van der Waals surface area (Å²) < 4.78 is 17.8. The molecular formula is C17H17FN2O4. The Bertz CT molecular complexity index is 773. The van der Waals surface area contributed by atoms with E-state index in [0.29, 0.717) is 5.69 Å².